The van der Waals surface area contributed by atoms with Gasteiger partial charge >= 0.3 is 0 Å². The number of nitrogens with zero attached hydrogens (tertiary/aromatic N) is 3. The third kappa shape index (κ3) is 5.46. The van der Waals surface area contributed by atoms with Crippen molar-refractivity contribution in [2.45, 2.75) is 13.3 Å². The fraction of sp³-hybridized carbons (Fsp3) is 0.158. The summed E-state index contributed by atoms with van der Waals surface area (Å²) >= 11 is 0. The van der Waals surface area contributed by atoms with Gasteiger partial charge < -0.3 is 10.1 Å². The number of aromatic nitrogens is 3. The normalized spacial score (nSPS) is 10.0. The number of carbonyl (C=O) groups is 1. The summed E-state index contributed by atoms with van der Waals surface area (Å²) in [7, 11) is 0. The second-order valence-corrected chi connectivity index (χ2v) is 5.44. The minimum Gasteiger partial charge on any atom is -0.493 e. The van der Waals surface area contributed by atoms with Gasteiger partial charge in [0.2, 0.25) is 5.91 Å². The minimum atomic E-state index is -0.392. The molecule has 0 atom stereocenters. The molecule has 6 nitrogen and oxygen atoms in total. The Bertz CT molecular complexity index is 909. The molecule has 0 fully saturated rings. The maximum atomic E-state index is 13.5. The number of nitrogens with one attached hydrogen (secondary N) is 1. The molecule has 8 heteroatoms. The summed E-state index contributed by atoms with van der Waals surface area (Å²) in [6.07, 6.45) is 4.82. The van der Waals surface area contributed by atoms with E-state index in [0.29, 0.717) is 29.4 Å². The van der Waals surface area contributed by atoms with Gasteiger partial charge in [0.05, 0.1) is 18.7 Å². The molecule has 2 aromatic heterocycles. The average Bonchev–Trinajstić information content (AvgIpc) is 2.63. The molecule has 27 heavy (non-hydrogen) atoms. The Morgan fingerprint density at radius 3 is 2.67 bits per heavy atom. The summed E-state index contributed by atoms with van der Waals surface area (Å²) < 4.78 is 18.9. The van der Waals surface area contributed by atoms with Crippen molar-refractivity contribution in [3.8, 4) is 17.0 Å². The van der Waals surface area contributed by atoms with Gasteiger partial charge in [-0.2, -0.15) is 0 Å². The summed E-state index contributed by atoms with van der Waals surface area (Å²) in [6.45, 7) is 2.22. The van der Waals surface area contributed by atoms with Gasteiger partial charge in [-0.3, -0.25) is 9.78 Å². The first-order chi connectivity index (χ1) is 12.7. The number of anilines is 1. The highest BCUT2D eigenvalue weighted by atomic mass is 35.5. The van der Waals surface area contributed by atoms with Crippen molar-refractivity contribution in [2.24, 2.45) is 0 Å². The van der Waals surface area contributed by atoms with Crippen molar-refractivity contribution >= 4 is 24.1 Å². The number of ether oxygens (including phenoxy) is 1. The fourth-order valence-corrected chi connectivity index (χ4v) is 2.43. The molecule has 2 heterocycles. The Labute approximate surface area is 162 Å². The number of rotatable bonds is 6. The van der Waals surface area contributed by atoms with Crippen LogP contribution in [0.1, 0.15) is 12.5 Å². The van der Waals surface area contributed by atoms with Crippen LogP contribution >= 0.6 is 12.4 Å². The van der Waals surface area contributed by atoms with Crippen LogP contribution in [0.5, 0.6) is 5.75 Å². The number of hydrogen-bond donors (Lipinski definition) is 1. The number of benzene rings is 1. The predicted octanol–water partition coefficient (Wildman–Crippen LogP) is 3.68. The Balaban J connectivity index is 0.00000261. The van der Waals surface area contributed by atoms with E-state index in [2.05, 4.69) is 20.3 Å². The van der Waals surface area contributed by atoms with E-state index in [1.807, 2.05) is 6.92 Å². The summed E-state index contributed by atoms with van der Waals surface area (Å²) in [5.41, 5.74) is 2.01. The highest BCUT2D eigenvalue weighted by Gasteiger charge is 2.11. The SMILES string of the molecule is CCOc1cc(F)ccc1-c1cc(NC(=O)Cc2ccncc2)ncn1.Cl. The van der Waals surface area contributed by atoms with Gasteiger partial charge in [0.15, 0.2) is 0 Å². The average molecular weight is 389 g/mol. The molecule has 0 aliphatic heterocycles. The van der Waals surface area contributed by atoms with Gasteiger partial charge in [-0.1, -0.05) is 0 Å². The molecule has 0 saturated carbocycles. The van der Waals surface area contributed by atoms with Crippen LogP contribution < -0.4 is 10.1 Å². The van der Waals surface area contributed by atoms with Crippen molar-refractivity contribution in [3.05, 3.63) is 66.5 Å². The molecule has 3 aromatic rings. The highest BCUT2D eigenvalue weighted by Crippen LogP contribution is 2.30. The molecule has 1 aromatic carbocycles. The maximum Gasteiger partial charge on any atom is 0.229 e. The van der Waals surface area contributed by atoms with E-state index in [1.54, 1.807) is 36.7 Å². The van der Waals surface area contributed by atoms with E-state index >= 15 is 0 Å². The summed E-state index contributed by atoms with van der Waals surface area (Å²) in [5, 5.41) is 2.74. The van der Waals surface area contributed by atoms with E-state index in [4.69, 9.17) is 4.74 Å². The molecule has 0 aliphatic carbocycles. The summed E-state index contributed by atoms with van der Waals surface area (Å²) in [5.74, 6) is 0.156. The van der Waals surface area contributed by atoms with Gasteiger partial charge in [-0.15, -0.1) is 12.4 Å². The number of carbonyl (C=O) groups excluding carboxylic acids is 1. The van der Waals surface area contributed by atoms with Crippen molar-refractivity contribution in [3.63, 3.8) is 0 Å². The first-order valence-electron chi connectivity index (χ1n) is 8.09. The van der Waals surface area contributed by atoms with E-state index in [1.165, 1.54) is 18.5 Å². The fourth-order valence-electron chi connectivity index (χ4n) is 2.43. The molecule has 0 bridgehead atoms. The van der Waals surface area contributed by atoms with Crippen LogP contribution in [0.4, 0.5) is 10.2 Å². The number of halogens is 2. The monoisotopic (exact) mass is 388 g/mol. The summed E-state index contributed by atoms with van der Waals surface area (Å²) in [4.78, 5) is 24.4. The lowest BCUT2D eigenvalue weighted by Gasteiger charge is -2.11. The van der Waals surface area contributed by atoms with Crippen LogP contribution in [0.3, 0.4) is 0 Å². The third-order valence-electron chi connectivity index (χ3n) is 3.57. The van der Waals surface area contributed by atoms with E-state index in [0.717, 1.165) is 5.56 Å². The van der Waals surface area contributed by atoms with Crippen LogP contribution in [-0.2, 0) is 11.2 Å². The lowest BCUT2D eigenvalue weighted by atomic mass is 10.1. The molecule has 0 spiro atoms. The molecule has 0 unspecified atom stereocenters. The molecule has 1 N–H and O–H groups in total. The number of pyridine rings is 1. The van der Waals surface area contributed by atoms with Crippen LogP contribution in [-0.4, -0.2) is 27.5 Å². The predicted molar refractivity (Wildman–Crippen MR) is 102 cm³/mol. The Hall–Kier alpha value is -3.06. The molecule has 140 valence electrons. The van der Waals surface area contributed by atoms with Gasteiger partial charge in [-0.25, -0.2) is 14.4 Å². The quantitative estimate of drug-likeness (QED) is 0.697. The molecule has 1 amide bonds. The van der Waals surface area contributed by atoms with Crippen molar-refractivity contribution in [1.29, 1.82) is 0 Å². The van der Waals surface area contributed by atoms with Gasteiger partial charge in [0, 0.05) is 30.1 Å². The standard InChI is InChI=1S/C19H17FN4O2.ClH/c1-2-26-17-10-14(20)3-4-15(17)16-11-18(23-12-22-16)24-19(25)9-13-5-7-21-8-6-13;/h3-8,10-12H,2,9H2,1H3,(H,22,23,24,25);1H. The van der Waals surface area contributed by atoms with E-state index < -0.39 is 5.82 Å². The van der Waals surface area contributed by atoms with Gasteiger partial charge in [-0.05, 0) is 36.8 Å². The lowest BCUT2D eigenvalue weighted by molar-refractivity contribution is -0.115. The maximum absolute atomic E-state index is 13.5. The zero-order valence-electron chi connectivity index (χ0n) is 14.6. The largest absolute Gasteiger partial charge is 0.493 e. The smallest absolute Gasteiger partial charge is 0.229 e. The first-order valence-corrected chi connectivity index (χ1v) is 8.09. The Morgan fingerprint density at radius 1 is 1.15 bits per heavy atom. The van der Waals surface area contributed by atoms with Crippen LogP contribution in [0, 0.1) is 5.82 Å². The van der Waals surface area contributed by atoms with Gasteiger partial charge in [0.1, 0.15) is 23.7 Å². The van der Waals surface area contributed by atoms with Gasteiger partial charge in [0.25, 0.3) is 0 Å². The molecular formula is C19H18ClFN4O2. The molecule has 0 aliphatic rings. The highest BCUT2D eigenvalue weighted by molar-refractivity contribution is 5.91. The number of hydrogen-bond acceptors (Lipinski definition) is 5. The zero-order chi connectivity index (χ0) is 18.4. The van der Waals surface area contributed by atoms with Crippen molar-refractivity contribution in [1.82, 2.24) is 15.0 Å². The second-order valence-electron chi connectivity index (χ2n) is 5.44. The van der Waals surface area contributed by atoms with Crippen LogP contribution in [0.2, 0.25) is 0 Å². The van der Waals surface area contributed by atoms with E-state index in [9.17, 15) is 9.18 Å². The number of amides is 1. The summed E-state index contributed by atoms with van der Waals surface area (Å²) in [6, 6.07) is 9.41. The minimum absolute atomic E-state index is 0. The Morgan fingerprint density at radius 2 is 1.93 bits per heavy atom. The second kappa shape index (κ2) is 9.59. The molecule has 3 rings (SSSR count). The first kappa shape index (κ1) is 20.3. The van der Waals surface area contributed by atoms with Crippen LogP contribution in [0.25, 0.3) is 11.3 Å². The molecule has 0 saturated heterocycles. The van der Waals surface area contributed by atoms with Crippen molar-refractivity contribution < 1.29 is 13.9 Å². The molecular weight excluding hydrogens is 371 g/mol. The zero-order valence-corrected chi connectivity index (χ0v) is 15.4. The third-order valence-corrected chi connectivity index (χ3v) is 3.57. The molecule has 0 radical (unpaired) electrons. The van der Waals surface area contributed by atoms with E-state index in [-0.39, 0.29) is 24.7 Å². The van der Waals surface area contributed by atoms with Crippen LogP contribution in [0.15, 0.2) is 55.1 Å². The Kier molecular flexibility index (Phi) is 7.19. The van der Waals surface area contributed by atoms with Crippen molar-refractivity contribution in [2.75, 3.05) is 11.9 Å². The lowest BCUT2D eigenvalue weighted by Crippen LogP contribution is -2.15. The topological polar surface area (TPSA) is 77.0 Å².